The highest BCUT2D eigenvalue weighted by molar-refractivity contribution is 6.01. The molecule has 2 saturated heterocycles. The molecule has 182 valence electrons. The van der Waals surface area contributed by atoms with E-state index in [1.807, 2.05) is 18.2 Å². The molecule has 3 atom stereocenters. The number of aliphatic hydroxyl groups is 1. The smallest absolute Gasteiger partial charge is 0.257 e. The molecule has 6 rings (SSSR count). The number of hydrogen-bond donors (Lipinski definition) is 3. The van der Waals surface area contributed by atoms with E-state index in [1.165, 1.54) is 6.20 Å². The lowest BCUT2D eigenvalue weighted by molar-refractivity contribution is 0.0605. The minimum Gasteiger partial charge on any atom is -0.388 e. The van der Waals surface area contributed by atoms with Crippen molar-refractivity contribution in [2.45, 2.75) is 31.0 Å². The molecule has 35 heavy (non-hydrogen) atoms. The molecule has 0 aliphatic carbocycles. The molecular formula is C24H27N7O4. The van der Waals surface area contributed by atoms with E-state index in [-0.39, 0.29) is 25.2 Å². The Balaban J connectivity index is 1.45. The third-order valence-electron chi connectivity index (χ3n) is 6.73. The first-order valence-corrected chi connectivity index (χ1v) is 11.8. The summed E-state index contributed by atoms with van der Waals surface area (Å²) in [5.74, 6) is 0.337. The summed E-state index contributed by atoms with van der Waals surface area (Å²) in [6.07, 6.45) is 6.67. The molecule has 11 nitrogen and oxygen atoms in total. The second-order valence-electron chi connectivity index (χ2n) is 8.95. The van der Waals surface area contributed by atoms with Crippen molar-refractivity contribution in [2.75, 3.05) is 38.8 Å². The van der Waals surface area contributed by atoms with Gasteiger partial charge in [-0.15, -0.1) is 0 Å². The minimum absolute atomic E-state index is 0.205. The molecule has 0 spiro atoms. The molecular weight excluding hydrogens is 450 g/mol. The van der Waals surface area contributed by atoms with Gasteiger partial charge in [0.2, 0.25) is 0 Å². The number of anilines is 1. The zero-order valence-electron chi connectivity index (χ0n) is 19.3. The molecule has 0 bridgehead atoms. The predicted molar refractivity (Wildman–Crippen MR) is 128 cm³/mol. The van der Waals surface area contributed by atoms with Gasteiger partial charge in [0.05, 0.1) is 49.9 Å². The van der Waals surface area contributed by atoms with Crippen LogP contribution in [0.25, 0.3) is 27.9 Å². The molecule has 6 heterocycles. The minimum atomic E-state index is -0.737. The highest BCUT2D eigenvalue weighted by atomic mass is 16.5. The van der Waals surface area contributed by atoms with E-state index in [0.29, 0.717) is 29.3 Å². The van der Waals surface area contributed by atoms with Crippen LogP contribution in [-0.4, -0.2) is 80.8 Å². The highest BCUT2D eigenvalue weighted by Crippen LogP contribution is 2.34. The van der Waals surface area contributed by atoms with Crippen molar-refractivity contribution >= 4 is 28.4 Å². The Morgan fingerprint density at radius 3 is 2.91 bits per heavy atom. The molecule has 0 aromatic carbocycles. The van der Waals surface area contributed by atoms with Gasteiger partial charge in [0, 0.05) is 43.1 Å². The average Bonchev–Trinajstić information content (AvgIpc) is 3.61. The van der Waals surface area contributed by atoms with Crippen molar-refractivity contribution in [3.8, 4) is 11.3 Å². The van der Waals surface area contributed by atoms with Gasteiger partial charge in [-0.1, -0.05) is 0 Å². The van der Waals surface area contributed by atoms with Crippen LogP contribution in [0.1, 0.15) is 29.2 Å². The number of hydrogen-bond acceptors (Lipinski definition) is 8. The largest absolute Gasteiger partial charge is 0.388 e. The lowest BCUT2D eigenvalue weighted by Gasteiger charge is -2.24. The average molecular weight is 478 g/mol. The van der Waals surface area contributed by atoms with Crippen LogP contribution >= 0.6 is 0 Å². The van der Waals surface area contributed by atoms with Crippen molar-refractivity contribution in [3.05, 3.63) is 42.4 Å². The zero-order chi connectivity index (χ0) is 23.9. The normalized spacial score (nSPS) is 22.6. The molecule has 3 N–H and O–H groups in total. The van der Waals surface area contributed by atoms with Gasteiger partial charge < -0.3 is 29.8 Å². The first-order chi connectivity index (χ1) is 17.1. The fourth-order valence-electron chi connectivity index (χ4n) is 4.87. The van der Waals surface area contributed by atoms with E-state index in [2.05, 4.69) is 31.5 Å². The highest BCUT2D eigenvalue weighted by Gasteiger charge is 2.29. The topological polar surface area (TPSA) is 128 Å². The van der Waals surface area contributed by atoms with Crippen molar-refractivity contribution in [1.82, 2.24) is 29.5 Å². The number of aromatic nitrogens is 5. The van der Waals surface area contributed by atoms with Gasteiger partial charge in [-0.3, -0.25) is 4.79 Å². The third kappa shape index (κ3) is 3.81. The summed E-state index contributed by atoms with van der Waals surface area (Å²) in [6, 6.07) is 5.61. The number of nitrogens with one attached hydrogen (secondary N) is 2. The predicted octanol–water partition coefficient (Wildman–Crippen LogP) is 1.63. The van der Waals surface area contributed by atoms with Crippen LogP contribution in [0.3, 0.4) is 0 Å². The van der Waals surface area contributed by atoms with Crippen molar-refractivity contribution in [2.24, 2.45) is 0 Å². The summed E-state index contributed by atoms with van der Waals surface area (Å²) < 4.78 is 14.8. The number of nitrogens with zero attached hydrogens (tertiary/aromatic N) is 5. The van der Waals surface area contributed by atoms with E-state index in [9.17, 15) is 9.90 Å². The molecule has 1 amide bonds. The van der Waals surface area contributed by atoms with E-state index in [0.717, 1.165) is 36.0 Å². The lowest BCUT2D eigenvalue weighted by atomic mass is 10.1. The Kier molecular flexibility index (Phi) is 5.59. The number of carbonyl (C=O) groups excluding carboxylic acids is 1. The first kappa shape index (κ1) is 22.0. The summed E-state index contributed by atoms with van der Waals surface area (Å²) in [7, 11) is 1.80. The van der Waals surface area contributed by atoms with E-state index in [4.69, 9.17) is 14.5 Å². The Morgan fingerprint density at radius 2 is 2.14 bits per heavy atom. The number of ether oxygens (including phenoxy) is 2. The monoisotopic (exact) mass is 477 g/mol. The maximum Gasteiger partial charge on any atom is 0.257 e. The van der Waals surface area contributed by atoms with Crippen LogP contribution in [0.5, 0.6) is 0 Å². The number of pyridine rings is 1. The Labute approximate surface area is 201 Å². The van der Waals surface area contributed by atoms with Gasteiger partial charge in [-0.2, -0.15) is 9.61 Å². The van der Waals surface area contributed by atoms with Gasteiger partial charge in [-0.25, -0.2) is 9.97 Å². The van der Waals surface area contributed by atoms with Gasteiger partial charge in [0.1, 0.15) is 17.0 Å². The molecule has 0 radical (unpaired) electrons. The van der Waals surface area contributed by atoms with Crippen LogP contribution < -0.4 is 10.6 Å². The molecule has 4 aromatic heterocycles. The fourth-order valence-corrected chi connectivity index (χ4v) is 4.87. The van der Waals surface area contributed by atoms with Crippen molar-refractivity contribution < 1.29 is 19.4 Å². The maximum atomic E-state index is 13.1. The second-order valence-corrected chi connectivity index (χ2v) is 8.95. The van der Waals surface area contributed by atoms with E-state index >= 15 is 0 Å². The SMILES string of the molecule is CNc1cc(-c2cn([C@H]3CCCOC3)c3ncccc23)nc2c(C(=O)NC3COCC3O)cnn12. The lowest BCUT2D eigenvalue weighted by Crippen LogP contribution is -2.42. The summed E-state index contributed by atoms with van der Waals surface area (Å²) in [5.41, 5.74) is 3.25. The summed E-state index contributed by atoms with van der Waals surface area (Å²) in [4.78, 5) is 22.6. The Morgan fingerprint density at radius 1 is 1.23 bits per heavy atom. The van der Waals surface area contributed by atoms with Crippen LogP contribution in [0.4, 0.5) is 5.82 Å². The number of aliphatic hydroxyl groups excluding tert-OH is 1. The van der Waals surface area contributed by atoms with Crippen LogP contribution in [0, 0.1) is 0 Å². The maximum absolute atomic E-state index is 13.1. The zero-order valence-corrected chi connectivity index (χ0v) is 19.3. The van der Waals surface area contributed by atoms with Gasteiger partial charge >= 0.3 is 0 Å². The standard InChI is InChI=1S/C24H27N7O4/c1-25-21-8-18(17-10-30(14-4-3-7-34-11-14)22-15(17)5-2-6-26-22)28-23-16(9-27-31(21)23)24(33)29-19-12-35-13-20(19)32/h2,5-6,8-10,14,19-20,25,32H,3-4,7,11-13H2,1H3,(H,29,33)/t14-,19?,20?/m0/s1. The quantitative estimate of drug-likeness (QED) is 0.396. The van der Waals surface area contributed by atoms with Gasteiger partial charge in [0.25, 0.3) is 5.91 Å². The Bertz CT molecular complexity index is 1390. The van der Waals surface area contributed by atoms with Crippen molar-refractivity contribution in [3.63, 3.8) is 0 Å². The third-order valence-corrected chi connectivity index (χ3v) is 6.73. The van der Waals surface area contributed by atoms with E-state index in [1.54, 1.807) is 17.8 Å². The van der Waals surface area contributed by atoms with Crippen LogP contribution in [0.15, 0.2) is 36.8 Å². The van der Waals surface area contributed by atoms with Crippen molar-refractivity contribution in [1.29, 1.82) is 0 Å². The number of amides is 1. The van der Waals surface area contributed by atoms with Crippen LogP contribution in [0.2, 0.25) is 0 Å². The van der Waals surface area contributed by atoms with E-state index < -0.39 is 12.1 Å². The Hall–Kier alpha value is -3.54. The summed E-state index contributed by atoms with van der Waals surface area (Å²) in [6.45, 7) is 1.91. The fraction of sp³-hybridized carbons (Fsp3) is 0.417. The molecule has 0 saturated carbocycles. The number of fused-ring (bicyclic) bond motifs is 2. The summed E-state index contributed by atoms with van der Waals surface area (Å²) >= 11 is 0. The van der Waals surface area contributed by atoms with Gasteiger partial charge in [-0.05, 0) is 25.0 Å². The molecule has 11 heteroatoms. The molecule has 2 aliphatic heterocycles. The van der Waals surface area contributed by atoms with Crippen LogP contribution in [-0.2, 0) is 9.47 Å². The number of rotatable bonds is 5. The molecule has 2 aliphatic rings. The molecule has 2 fully saturated rings. The molecule has 4 aromatic rings. The van der Waals surface area contributed by atoms with Gasteiger partial charge in [0.15, 0.2) is 5.65 Å². The second kappa shape index (κ2) is 8.91. The molecule has 2 unspecified atom stereocenters. The number of carbonyl (C=O) groups is 1. The summed E-state index contributed by atoms with van der Waals surface area (Å²) in [5, 5.41) is 21.4. The first-order valence-electron chi connectivity index (χ1n) is 11.8.